The van der Waals surface area contributed by atoms with Gasteiger partial charge in [-0.15, -0.1) is 0 Å². The highest BCUT2D eigenvalue weighted by molar-refractivity contribution is 6.34. The maximum absolute atomic E-state index is 12.2. The second-order valence-corrected chi connectivity index (χ2v) is 6.27. The fourth-order valence-electron chi connectivity index (χ4n) is 2.06. The third kappa shape index (κ3) is 5.54. The van der Waals surface area contributed by atoms with Crippen molar-refractivity contribution < 1.29 is 14.3 Å². The van der Waals surface area contributed by atoms with Crippen molar-refractivity contribution in [2.75, 3.05) is 32.6 Å². The van der Waals surface area contributed by atoms with Gasteiger partial charge in [-0.2, -0.15) is 0 Å². The van der Waals surface area contributed by atoms with Crippen LogP contribution in [0.5, 0.6) is 5.75 Å². The molecule has 2 rings (SSSR count). The number of likely N-dealkylation sites (N-methyl/N-ethyl adjacent to an activating group) is 1. The van der Waals surface area contributed by atoms with E-state index >= 15 is 0 Å². The molecule has 8 heteroatoms. The quantitative estimate of drug-likeness (QED) is 0.778. The van der Waals surface area contributed by atoms with Gasteiger partial charge in [0.1, 0.15) is 12.4 Å². The molecule has 0 aliphatic carbocycles. The molecule has 0 unspecified atom stereocenters. The summed E-state index contributed by atoms with van der Waals surface area (Å²) in [6, 6.07) is 11.4. The number of rotatable bonds is 6. The Balaban J connectivity index is 1.85. The van der Waals surface area contributed by atoms with E-state index in [2.05, 4.69) is 10.6 Å². The van der Waals surface area contributed by atoms with E-state index in [4.69, 9.17) is 27.9 Å². The summed E-state index contributed by atoms with van der Waals surface area (Å²) in [5.41, 5.74) is 0.843. The SMILES string of the molecule is CNC(=O)c1ccc(NC(=O)N(C)CCOc2ccc(Cl)cc2)cc1Cl. The van der Waals surface area contributed by atoms with Crippen molar-refractivity contribution in [3.8, 4) is 5.75 Å². The van der Waals surface area contributed by atoms with Gasteiger partial charge in [0.15, 0.2) is 0 Å². The van der Waals surface area contributed by atoms with Crippen LogP contribution in [0, 0.1) is 0 Å². The second kappa shape index (κ2) is 9.31. The number of amides is 3. The largest absolute Gasteiger partial charge is 0.492 e. The molecule has 26 heavy (non-hydrogen) atoms. The number of halogens is 2. The molecular weight excluding hydrogens is 377 g/mol. The van der Waals surface area contributed by atoms with Gasteiger partial charge in [0.2, 0.25) is 0 Å². The van der Waals surface area contributed by atoms with Crippen molar-refractivity contribution in [1.82, 2.24) is 10.2 Å². The summed E-state index contributed by atoms with van der Waals surface area (Å²) >= 11 is 11.9. The zero-order valence-corrected chi connectivity index (χ0v) is 15.9. The molecular formula is C18H19Cl2N3O3. The van der Waals surface area contributed by atoms with Gasteiger partial charge < -0.3 is 20.3 Å². The number of carbonyl (C=O) groups is 2. The molecule has 3 amide bonds. The molecule has 0 spiro atoms. The Kier molecular flexibility index (Phi) is 7.12. The average molecular weight is 396 g/mol. The summed E-state index contributed by atoms with van der Waals surface area (Å²) in [4.78, 5) is 25.3. The van der Waals surface area contributed by atoms with Gasteiger partial charge in [-0.1, -0.05) is 23.2 Å². The Bertz CT molecular complexity index is 782. The molecule has 6 nitrogen and oxygen atoms in total. The smallest absolute Gasteiger partial charge is 0.321 e. The number of carbonyl (C=O) groups excluding carboxylic acids is 2. The third-order valence-corrected chi connectivity index (χ3v) is 4.11. The number of urea groups is 1. The van der Waals surface area contributed by atoms with E-state index < -0.39 is 0 Å². The fraction of sp³-hybridized carbons (Fsp3) is 0.222. The molecule has 0 saturated carbocycles. The molecule has 0 bridgehead atoms. The van der Waals surface area contributed by atoms with E-state index in [1.165, 1.54) is 18.0 Å². The highest BCUT2D eigenvalue weighted by Gasteiger charge is 2.12. The Hall–Kier alpha value is -2.44. The van der Waals surface area contributed by atoms with Crippen LogP contribution in [0.1, 0.15) is 10.4 Å². The highest BCUT2D eigenvalue weighted by atomic mass is 35.5. The van der Waals surface area contributed by atoms with Crippen molar-refractivity contribution in [2.24, 2.45) is 0 Å². The van der Waals surface area contributed by atoms with Crippen LogP contribution in [0.2, 0.25) is 10.0 Å². The molecule has 2 aromatic rings. The van der Waals surface area contributed by atoms with Crippen LogP contribution < -0.4 is 15.4 Å². The van der Waals surface area contributed by atoms with Crippen LogP contribution >= 0.6 is 23.2 Å². The van der Waals surface area contributed by atoms with Gasteiger partial charge in [0, 0.05) is 24.8 Å². The average Bonchev–Trinajstić information content (AvgIpc) is 2.62. The first-order valence-corrected chi connectivity index (χ1v) is 8.58. The predicted molar refractivity (Wildman–Crippen MR) is 103 cm³/mol. The van der Waals surface area contributed by atoms with E-state index in [-0.39, 0.29) is 17.0 Å². The van der Waals surface area contributed by atoms with E-state index in [0.29, 0.717) is 35.2 Å². The maximum atomic E-state index is 12.2. The van der Waals surface area contributed by atoms with Crippen molar-refractivity contribution >= 4 is 40.8 Å². The molecule has 0 aromatic heterocycles. The maximum Gasteiger partial charge on any atom is 0.321 e. The van der Waals surface area contributed by atoms with Crippen LogP contribution in [0.4, 0.5) is 10.5 Å². The minimum absolute atomic E-state index is 0.260. The number of anilines is 1. The number of nitrogens with zero attached hydrogens (tertiary/aromatic N) is 1. The molecule has 0 fully saturated rings. The lowest BCUT2D eigenvalue weighted by molar-refractivity contribution is 0.0963. The molecule has 0 radical (unpaired) electrons. The zero-order valence-electron chi connectivity index (χ0n) is 14.4. The monoisotopic (exact) mass is 395 g/mol. The standard InChI is InChI=1S/C18H19Cl2N3O3/c1-21-17(24)15-8-5-13(11-16(15)20)22-18(25)23(2)9-10-26-14-6-3-12(19)4-7-14/h3-8,11H,9-10H2,1-2H3,(H,21,24)(H,22,25). The lowest BCUT2D eigenvalue weighted by atomic mass is 10.2. The number of nitrogens with one attached hydrogen (secondary N) is 2. The Labute approximate surface area is 162 Å². The van der Waals surface area contributed by atoms with Gasteiger partial charge in [-0.05, 0) is 42.5 Å². The Morgan fingerprint density at radius 3 is 2.42 bits per heavy atom. The molecule has 0 aliphatic heterocycles. The molecule has 138 valence electrons. The summed E-state index contributed by atoms with van der Waals surface area (Å²) in [6.45, 7) is 0.723. The summed E-state index contributed by atoms with van der Waals surface area (Å²) in [5, 5.41) is 6.12. The van der Waals surface area contributed by atoms with E-state index in [1.54, 1.807) is 43.4 Å². The summed E-state index contributed by atoms with van der Waals surface area (Å²) in [6.07, 6.45) is 0. The fourth-order valence-corrected chi connectivity index (χ4v) is 2.46. The lowest BCUT2D eigenvalue weighted by Gasteiger charge is -2.18. The first-order chi connectivity index (χ1) is 12.4. The second-order valence-electron chi connectivity index (χ2n) is 5.43. The first-order valence-electron chi connectivity index (χ1n) is 7.83. The normalized spacial score (nSPS) is 10.2. The summed E-state index contributed by atoms with van der Waals surface area (Å²) in [7, 11) is 3.18. The zero-order chi connectivity index (χ0) is 19.1. The van der Waals surface area contributed by atoms with Crippen LogP contribution in [-0.2, 0) is 0 Å². The van der Waals surface area contributed by atoms with Crippen molar-refractivity contribution in [3.05, 3.63) is 58.1 Å². The van der Waals surface area contributed by atoms with Crippen molar-refractivity contribution in [1.29, 1.82) is 0 Å². The van der Waals surface area contributed by atoms with Gasteiger partial charge in [-0.3, -0.25) is 4.79 Å². The minimum Gasteiger partial charge on any atom is -0.492 e. The Morgan fingerprint density at radius 2 is 1.81 bits per heavy atom. The third-order valence-electron chi connectivity index (χ3n) is 3.55. The number of benzene rings is 2. The van der Waals surface area contributed by atoms with E-state index in [1.807, 2.05) is 0 Å². The molecule has 0 saturated heterocycles. The molecule has 2 N–H and O–H groups in total. The van der Waals surface area contributed by atoms with Gasteiger partial charge in [0.25, 0.3) is 5.91 Å². The summed E-state index contributed by atoms with van der Waals surface area (Å²) < 4.78 is 5.56. The van der Waals surface area contributed by atoms with Crippen molar-refractivity contribution in [2.45, 2.75) is 0 Å². The van der Waals surface area contributed by atoms with E-state index in [0.717, 1.165) is 0 Å². The van der Waals surface area contributed by atoms with Crippen molar-refractivity contribution in [3.63, 3.8) is 0 Å². The number of hydrogen-bond acceptors (Lipinski definition) is 3. The Morgan fingerprint density at radius 1 is 1.12 bits per heavy atom. The molecule has 2 aromatic carbocycles. The van der Waals surface area contributed by atoms with Crippen LogP contribution in [-0.4, -0.2) is 44.1 Å². The number of ether oxygens (including phenoxy) is 1. The predicted octanol–water partition coefficient (Wildman–Crippen LogP) is 3.90. The van der Waals surface area contributed by atoms with Crippen LogP contribution in [0.15, 0.2) is 42.5 Å². The van der Waals surface area contributed by atoms with E-state index in [9.17, 15) is 9.59 Å². The summed E-state index contributed by atoms with van der Waals surface area (Å²) in [5.74, 6) is 0.393. The van der Waals surface area contributed by atoms with Crippen LogP contribution in [0.3, 0.4) is 0 Å². The highest BCUT2D eigenvalue weighted by Crippen LogP contribution is 2.21. The minimum atomic E-state index is -0.312. The van der Waals surface area contributed by atoms with Crippen LogP contribution in [0.25, 0.3) is 0 Å². The van der Waals surface area contributed by atoms with Gasteiger partial charge in [0.05, 0.1) is 17.1 Å². The topological polar surface area (TPSA) is 70.7 Å². The first kappa shape index (κ1) is 19.9. The molecule has 0 atom stereocenters. The molecule has 0 heterocycles. The molecule has 0 aliphatic rings. The number of hydrogen-bond donors (Lipinski definition) is 2. The lowest BCUT2D eigenvalue weighted by Crippen LogP contribution is -2.34. The van der Waals surface area contributed by atoms with Gasteiger partial charge in [-0.25, -0.2) is 4.79 Å². The van der Waals surface area contributed by atoms with Gasteiger partial charge >= 0.3 is 6.03 Å².